The summed E-state index contributed by atoms with van der Waals surface area (Å²) in [5.41, 5.74) is 1.81. The molecule has 2 heterocycles. The summed E-state index contributed by atoms with van der Waals surface area (Å²) >= 11 is 0. The number of morpholine rings is 1. The quantitative estimate of drug-likeness (QED) is 0.759. The lowest BCUT2D eigenvalue weighted by Gasteiger charge is -2.29. The number of amides is 2. The van der Waals surface area contributed by atoms with Gasteiger partial charge < -0.3 is 24.7 Å². The first kappa shape index (κ1) is 19.0. The number of H-pyrrole nitrogens is 1. The van der Waals surface area contributed by atoms with Crippen LogP contribution in [0.3, 0.4) is 0 Å². The molecule has 2 N–H and O–H groups in total. The molecule has 1 aliphatic rings. The van der Waals surface area contributed by atoms with E-state index >= 15 is 0 Å². The van der Waals surface area contributed by atoms with E-state index in [0.717, 1.165) is 0 Å². The lowest BCUT2D eigenvalue weighted by molar-refractivity contribution is -0.136. The number of hydrogen-bond donors (Lipinski definition) is 2. The predicted octanol–water partition coefficient (Wildman–Crippen LogP) is 0.649. The van der Waals surface area contributed by atoms with Crippen molar-refractivity contribution in [2.45, 2.75) is 33.2 Å². The number of aromatic nitrogens is 1. The molecule has 0 radical (unpaired) electrons. The van der Waals surface area contributed by atoms with Gasteiger partial charge in [-0.15, -0.1) is 0 Å². The summed E-state index contributed by atoms with van der Waals surface area (Å²) in [6.07, 6.45) is 0.556. The van der Waals surface area contributed by atoms with Crippen molar-refractivity contribution in [1.29, 1.82) is 0 Å². The molecular weight excluding hydrogens is 326 g/mol. The average molecular weight is 351 g/mol. The summed E-state index contributed by atoms with van der Waals surface area (Å²) in [6, 6.07) is -0.667. The topological polar surface area (TPSA) is 101 Å². The molecular formula is C17H25N3O5. The molecule has 1 atom stereocenters. The Kier molecular flexibility index (Phi) is 6.19. The number of esters is 1. The molecule has 25 heavy (non-hydrogen) atoms. The Hall–Kier alpha value is -2.35. The highest BCUT2D eigenvalue weighted by Gasteiger charge is 2.27. The molecule has 0 spiro atoms. The normalized spacial score (nSPS) is 15.6. The highest BCUT2D eigenvalue weighted by Crippen LogP contribution is 2.20. The summed E-state index contributed by atoms with van der Waals surface area (Å²) in [7, 11) is 1.30. The van der Waals surface area contributed by atoms with Gasteiger partial charge in [0, 0.05) is 18.8 Å². The zero-order valence-corrected chi connectivity index (χ0v) is 15.1. The lowest BCUT2D eigenvalue weighted by atomic mass is 10.1. The van der Waals surface area contributed by atoms with Crippen LogP contribution in [0.25, 0.3) is 0 Å². The summed E-state index contributed by atoms with van der Waals surface area (Å²) in [5, 5.41) is 2.70. The van der Waals surface area contributed by atoms with Crippen molar-refractivity contribution in [3.63, 3.8) is 0 Å². The molecule has 1 unspecified atom stereocenters. The van der Waals surface area contributed by atoms with E-state index < -0.39 is 17.9 Å². The first-order chi connectivity index (χ1) is 11.9. The molecule has 0 bridgehead atoms. The van der Waals surface area contributed by atoms with E-state index in [4.69, 9.17) is 9.47 Å². The van der Waals surface area contributed by atoms with Gasteiger partial charge in [-0.2, -0.15) is 0 Å². The Morgan fingerprint density at radius 1 is 1.32 bits per heavy atom. The summed E-state index contributed by atoms with van der Waals surface area (Å²) in [5.74, 6) is -1.05. The number of aromatic amines is 1. The van der Waals surface area contributed by atoms with E-state index in [0.29, 0.717) is 49.5 Å². The number of nitrogens with zero attached hydrogens (tertiary/aromatic N) is 1. The van der Waals surface area contributed by atoms with Crippen LogP contribution in [0.2, 0.25) is 0 Å². The monoisotopic (exact) mass is 351 g/mol. The van der Waals surface area contributed by atoms with Gasteiger partial charge in [0.05, 0.1) is 25.9 Å². The molecule has 1 saturated heterocycles. The van der Waals surface area contributed by atoms with E-state index in [1.165, 1.54) is 7.11 Å². The number of hydrogen-bond acceptors (Lipinski definition) is 5. The van der Waals surface area contributed by atoms with Crippen molar-refractivity contribution in [2.24, 2.45) is 0 Å². The van der Waals surface area contributed by atoms with E-state index in [9.17, 15) is 14.4 Å². The number of aryl methyl sites for hydroxylation is 1. The van der Waals surface area contributed by atoms with Crippen LogP contribution in [0, 0.1) is 6.92 Å². The largest absolute Gasteiger partial charge is 0.465 e. The SMILES string of the molecule is CCc1[nH]c(C(=O)NC(C)C(=O)N2CCOCC2)c(C)c1C(=O)OC. The molecule has 8 heteroatoms. The van der Waals surface area contributed by atoms with Crippen molar-refractivity contribution in [1.82, 2.24) is 15.2 Å². The minimum atomic E-state index is -0.667. The van der Waals surface area contributed by atoms with E-state index in [1.807, 2.05) is 6.92 Å². The van der Waals surface area contributed by atoms with Gasteiger partial charge in [0.15, 0.2) is 0 Å². The van der Waals surface area contributed by atoms with Crippen molar-refractivity contribution >= 4 is 17.8 Å². The third-order valence-corrected chi connectivity index (χ3v) is 4.34. The van der Waals surface area contributed by atoms with Gasteiger partial charge in [-0.05, 0) is 25.8 Å². The van der Waals surface area contributed by atoms with Gasteiger partial charge in [0.25, 0.3) is 5.91 Å². The van der Waals surface area contributed by atoms with Crippen LogP contribution in [0.4, 0.5) is 0 Å². The Morgan fingerprint density at radius 3 is 2.52 bits per heavy atom. The Balaban J connectivity index is 2.13. The number of methoxy groups -OCH3 is 1. The number of nitrogens with one attached hydrogen (secondary N) is 2. The number of ether oxygens (including phenoxy) is 2. The minimum absolute atomic E-state index is 0.148. The molecule has 2 rings (SSSR count). The van der Waals surface area contributed by atoms with Crippen molar-refractivity contribution in [2.75, 3.05) is 33.4 Å². The molecule has 1 aromatic rings. The molecule has 8 nitrogen and oxygen atoms in total. The lowest BCUT2D eigenvalue weighted by Crippen LogP contribution is -2.50. The van der Waals surface area contributed by atoms with Crippen LogP contribution in [0.1, 0.15) is 46.0 Å². The van der Waals surface area contributed by atoms with Crippen molar-refractivity contribution in [3.05, 3.63) is 22.5 Å². The zero-order valence-electron chi connectivity index (χ0n) is 15.1. The van der Waals surface area contributed by atoms with Crippen LogP contribution in [-0.2, 0) is 20.7 Å². The van der Waals surface area contributed by atoms with E-state index in [2.05, 4.69) is 10.3 Å². The molecule has 1 fully saturated rings. The van der Waals surface area contributed by atoms with Crippen LogP contribution in [-0.4, -0.2) is 67.1 Å². The van der Waals surface area contributed by atoms with Gasteiger partial charge in [-0.3, -0.25) is 9.59 Å². The Labute approximate surface area is 146 Å². The van der Waals surface area contributed by atoms with E-state index in [1.54, 1.807) is 18.7 Å². The van der Waals surface area contributed by atoms with Crippen molar-refractivity contribution < 1.29 is 23.9 Å². The maximum atomic E-state index is 12.6. The number of carbonyl (C=O) groups excluding carboxylic acids is 3. The second kappa shape index (κ2) is 8.15. The summed E-state index contributed by atoms with van der Waals surface area (Å²) in [6.45, 7) is 7.26. The smallest absolute Gasteiger partial charge is 0.339 e. The highest BCUT2D eigenvalue weighted by molar-refractivity contribution is 6.02. The fraction of sp³-hybridized carbons (Fsp3) is 0.588. The zero-order chi connectivity index (χ0) is 18.6. The first-order valence-electron chi connectivity index (χ1n) is 8.37. The average Bonchev–Trinajstić information content (AvgIpc) is 2.97. The van der Waals surface area contributed by atoms with Crippen LogP contribution in [0.15, 0.2) is 0 Å². The summed E-state index contributed by atoms with van der Waals surface area (Å²) < 4.78 is 10.0. The fourth-order valence-electron chi connectivity index (χ4n) is 2.92. The number of rotatable bonds is 5. The molecule has 0 aliphatic carbocycles. The van der Waals surface area contributed by atoms with Crippen LogP contribution >= 0.6 is 0 Å². The van der Waals surface area contributed by atoms with Gasteiger partial charge in [-0.25, -0.2) is 4.79 Å². The summed E-state index contributed by atoms with van der Waals surface area (Å²) in [4.78, 5) is 41.6. The molecule has 1 aromatic heterocycles. The Morgan fingerprint density at radius 2 is 1.96 bits per heavy atom. The van der Waals surface area contributed by atoms with Gasteiger partial charge >= 0.3 is 5.97 Å². The molecule has 0 aromatic carbocycles. The first-order valence-corrected chi connectivity index (χ1v) is 8.37. The predicted molar refractivity (Wildman–Crippen MR) is 90.6 cm³/mol. The second-order valence-electron chi connectivity index (χ2n) is 5.96. The van der Waals surface area contributed by atoms with Crippen LogP contribution in [0.5, 0.6) is 0 Å². The van der Waals surface area contributed by atoms with Crippen molar-refractivity contribution in [3.8, 4) is 0 Å². The van der Waals surface area contributed by atoms with E-state index in [-0.39, 0.29) is 11.6 Å². The third-order valence-electron chi connectivity index (χ3n) is 4.34. The molecule has 1 aliphatic heterocycles. The molecule has 0 saturated carbocycles. The number of carbonyl (C=O) groups is 3. The maximum absolute atomic E-state index is 12.6. The standard InChI is InChI=1S/C17H25N3O5/c1-5-12-13(17(23)24-4)10(2)14(19-12)15(21)18-11(3)16(22)20-6-8-25-9-7-20/h11,19H,5-9H2,1-4H3,(H,18,21). The van der Waals surface area contributed by atoms with Gasteiger partial charge in [0.2, 0.25) is 5.91 Å². The third kappa shape index (κ3) is 4.01. The highest BCUT2D eigenvalue weighted by atomic mass is 16.5. The van der Waals surface area contributed by atoms with Gasteiger partial charge in [-0.1, -0.05) is 6.92 Å². The molecule has 138 valence electrons. The molecule has 2 amide bonds. The fourth-order valence-corrected chi connectivity index (χ4v) is 2.92. The maximum Gasteiger partial charge on any atom is 0.339 e. The second-order valence-corrected chi connectivity index (χ2v) is 5.96. The van der Waals surface area contributed by atoms with Gasteiger partial charge in [0.1, 0.15) is 11.7 Å². The minimum Gasteiger partial charge on any atom is -0.465 e. The van der Waals surface area contributed by atoms with Crippen LogP contribution < -0.4 is 5.32 Å². The Bertz CT molecular complexity index is 661.